The normalized spacial score (nSPS) is 10.8. The van der Waals surface area contributed by atoms with Crippen molar-refractivity contribution >= 4 is 39.7 Å². The van der Waals surface area contributed by atoms with Gasteiger partial charge in [0.25, 0.3) is 10.0 Å². The van der Waals surface area contributed by atoms with E-state index in [1.54, 1.807) is 36.7 Å². The number of sulfonamides is 1. The molecule has 5 nitrogen and oxygen atoms in total. The Hall–Kier alpha value is -3.06. The summed E-state index contributed by atoms with van der Waals surface area (Å²) in [5.74, 6) is 0.614. The molecule has 4 aromatic rings. The van der Waals surface area contributed by atoms with Crippen LogP contribution >= 0.6 is 24.0 Å². The summed E-state index contributed by atoms with van der Waals surface area (Å²) in [7, 11) is -3.84. The highest BCUT2D eigenvalue weighted by atomic mass is 35.5. The molecule has 0 amide bonds. The molecule has 0 aliphatic carbocycles. The van der Waals surface area contributed by atoms with E-state index in [-0.39, 0.29) is 23.8 Å². The zero-order chi connectivity index (χ0) is 22.4. The molecule has 1 heterocycles. The van der Waals surface area contributed by atoms with Crippen molar-refractivity contribution in [3.63, 3.8) is 0 Å². The SMILES string of the molecule is Cl.O=S(=O)(c1ccc(Cl)cc1)N(Cc1ccccc1OCc1cccnc1)c1ccccc1. The van der Waals surface area contributed by atoms with Crippen LogP contribution in [0.4, 0.5) is 5.69 Å². The molecule has 33 heavy (non-hydrogen) atoms. The van der Waals surface area contributed by atoms with E-state index in [0.29, 0.717) is 23.1 Å². The third kappa shape index (κ3) is 6.05. The lowest BCUT2D eigenvalue weighted by Gasteiger charge is -2.25. The molecule has 4 rings (SSSR count). The van der Waals surface area contributed by atoms with Gasteiger partial charge in [0.05, 0.1) is 17.1 Å². The van der Waals surface area contributed by atoms with Crippen LogP contribution in [0.15, 0.2) is 108 Å². The third-order valence-electron chi connectivity index (χ3n) is 4.85. The van der Waals surface area contributed by atoms with Gasteiger partial charge in [-0.05, 0) is 48.5 Å². The fraction of sp³-hybridized carbons (Fsp3) is 0.0800. The molecule has 0 fully saturated rings. The average molecular weight is 501 g/mol. The van der Waals surface area contributed by atoms with E-state index in [1.165, 1.54) is 16.4 Å². The highest BCUT2D eigenvalue weighted by Gasteiger charge is 2.26. The van der Waals surface area contributed by atoms with Gasteiger partial charge < -0.3 is 4.74 Å². The van der Waals surface area contributed by atoms with E-state index in [1.807, 2.05) is 54.6 Å². The first kappa shape index (κ1) is 24.6. The number of rotatable bonds is 8. The number of anilines is 1. The summed E-state index contributed by atoms with van der Waals surface area (Å²) in [6, 6.07) is 26.4. The monoisotopic (exact) mass is 500 g/mol. The summed E-state index contributed by atoms with van der Waals surface area (Å²) in [5, 5.41) is 0.476. The van der Waals surface area contributed by atoms with E-state index in [2.05, 4.69) is 4.98 Å². The molecule has 0 bridgehead atoms. The summed E-state index contributed by atoms with van der Waals surface area (Å²) in [4.78, 5) is 4.27. The molecule has 3 aromatic carbocycles. The Kier molecular flexibility index (Phi) is 8.33. The summed E-state index contributed by atoms with van der Waals surface area (Å²) in [5.41, 5.74) is 2.23. The Labute approximate surface area is 205 Å². The minimum atomic E-state index is -3.84. The molecule has 0 aliphatic heterocycles. The lowest BCUT2D eigenvalue weighted by atomic mass is 10.2. The molecule has 0 saturated heterocycles. The van der Waals surface area contributed by atoms with Crippen LogP contribution in [0.25, 0.3) is 0 Å². The van der Waals surface area contributed by atoms with Gasteiger partial charge >= 0.3 is 0 Å². The van der Waals surface area contributed by atoms with Gasteiger partial charge in [0.15, 0.2) is 0 Å². The van der Waals surface area contributed by atoms with Crippen molar-refractivity contribution in [1.29, 1.82) is 0 Å². The fourth-order valence-corrected chi connectivity index (χ4v) is 4.79. The molecule has 0 N–H and O–H groups in total. The number of benzene rings is 3. The quantitative estimate of drug-likeness (QED) is 0.291. The van der Waals surface area contributed by atoms with Crippen LogP contribution < -0.4 is 9.04 Å². The second kappa shape index (κ2) is 11.2. The maximum atomic E-state index is 13.6. The van der Waals surface area contributed by atoms with E-state index in [4.69, 9.17) is 16.3 Å². The second-order valence-electron chi connectivity index (χ2n) is 7.06. The standard InChI is InChI=1S/C25H21ClN2O3S.ClH/c26-22-12-14-24(15-13-22)32(29,30)28(23-9-2-1-3-10-23)18-21-8-4-5-11-25(21)31-19-20-7-6-16-27-17-20;/h1-17H,18-19H2;1H. The van der Waals surface area contributed by atoms with Gasteiger partial charge in [0, 0.05) is 28.5 Å². The van der Waals surface area contributed by atoms with Gasteiger partial charge in [0.2, 0.25) is 0 Å². The largest absolute Gasteiger partial charge is 0.488 e. The van der Waals surface area contributed by atoms with Gasteiger partial charge in [-0.15, -0.1) is 12.4 Å². The number of para-hydroxylation sites is 2. The van der Waals surface area contributed by atoms with Crippen molar-refractivity contribution in [2.45, 2.75) is 18.0 Å². The number of hydrogen-bond donors (Lipinski definition) is 0. The van der Waals surface area contributed by atoms with Gasteiger partial charge in [-0.2, -0.15) is 0 Å². The van der Waals surface area contributed by atoms with Crippen molar-refractivity contribution in [2.75, 3.05) is 4.31 Å². The van der Waals surface area contributed by atoms with Crippen molar-refractivity contribution in [2.24, 2.45) is 0 Å². The minimum absolute atomic E-state index is 0. The van der Waals surface area contributed by atoms with Crippen molar-refractivity contribution in [1.82, 2.24) is 4.98 Å². The Balaban J connectivity index is 0.00000306. The second-order valence-corrected chi connectivity index (χ2v) is 9.36. The number of halogens is 2. The molecular weight excluding hydrogens is 479 g/mol. The zero-order valence-corrected chi connectivity index (χ0v) is 19.9. The molecular formula is C25H22Cl2N2O3S. The van der Waals surface area contributed by atoms with Crippen LogP contribution in [-0.4, -0.2) is 13.4 Å². The summed E-state index contributed by atoms with van der Waals surface area (Å²) in [6.45, 7) is 0.443. The first-order valence-corrected chi connectivity index (χ1v) is 11.8. The van der Waals surface area contributed by atoms with E-state index in [0.717, 1.165) is 11.1 Å². The van der Waals surface area contributed by atoms with Crippen molar-refractivity contribution in [3.8, 4) is 5.75 Å². The van der Waals surface area contributed by atoms with Crippen LogP contribution in [0.1, 0.15) is 11.1 Å². The van der Waals surface area contributed by atoms with Crippen LogP contribution in [0, 0.1) is 0 Å². The average Bonchev–Trinajstić information content (AvgIpc) is 2.83. The van der Waals surface area contributed by atoms with Gasteiger partial charge in [-0.25, -0.2) is 8.42 Å². The van der Waals surface area contributed by atoms with Gasteiger partial charge in [-0.1, -0.05) is 54.1 Å². The predicted octanol–water partition coefficient (Wildman–Crippen LogP) is 6.13. The van der Waals surface area contributed by atoms with E-state index < -0.39 is 10.0 Å². The number of ether oxygens (including phenoxy) is 1. The summed E-state index contributed by atoms with van der Waals surface area (Å²) < 4.78 is 34.5. The van der Waals surface area contributed by atoms with Crippen molar-refractivity contribution in [3.05, 3.63) is 120 Å². The topological polar surface area (TPSA) is 59.5 Å². The zero-order valence-electron chi connectivity index (χ0n) is 17.5. The Morgan fingerprint density at radius 2 is 1.55 bits per heavy atom. The molecule has 170 valence electrons. The first-order valence-electron chi connectivity index (χ1n) is 9.97. The maximum Gasteiger partial charge on any atom is 0.264 e. The first-order chi connectivity index (χ1) is 15.5. The van der Waals surface area contributed by atoms with Crippen LogP contribution in [0.5, 0.6) is 5.75 Å². The highest BCUT2D eigenvalue weighted by molar-refractivity contribution is 7.92. The molecule has 8 heteroatoms. The lowest BCUT2D eigenvalue weighted by Crippen LogP contribution is -2.30. The molecule has 1 aromatic heterocycles. The summed E-state index contributed by atoms with van der Waals surface area (Å²) >= 11 is 5.96. The Bertz CT molecular complexity index is 1270. The lowest BCUT2D eigenvalue weighted by molar-refractivity contribution is 0.302. The molecule has 0 saturated carbocycles. The number of nitrogens with zero attached hydrogens (tertiary/aromatic N) is 2. The molecule has 0 atom stereocenters. The van der Waals surface area contributed by atoms with E-state index in [9.17, 15) is 8.42 Å². The Morgan fingerprint density at radius 3 is 2.24 bits per heavy atom. The molecule has 0 aliphatic rings. The molecule has 0 spiro atoms. The Morgan fingerprint density at radius 1 is 0.848 bits per heavy atom. The van der Waals surface area contributed by atoms with Crippen molar-refractivity contribution < 1.29 is 13.2 Å². The smallest absolute Gasteiger partial charge is 0.264 e. The number of aromatic nitrogens is 1. The maximum absolute atomic E-state index is 13.6. The van der Waals surface area contributed by atoms with Crippen LogP contribution in [0.3, 0.4) is 0 Å². The minimum Gasteiger partial charge on any atom is -0.488 e. The van der Waals surface area contributed by atoms with Crippen LogP contribution in [-0.2, 0) is 23.2 Å². The number of pyridine rings is 1. The molecule has 0 unspecified atom stereocenters. The van der Waals surface area contributed by atoms with Crippen LogP contribution in [0.2, 0.25) is 5.02 Å². The van der Waals surface area contributed by atoms with E-state index >= 15 is 0 Å². The highest BCUT2D eigenvalue weighted by Crippen LogP contribution is 2.29. The molecule has 0 radical (unpaired) electrons. The third-order valence-corrected chi connectivity index (χ3v) is 6.89. The fourth-order valence-electron chi connectivity index (χ4n) is 3.22. The summed E-state index contributed by atoms with van der Waals surface area (Å²) in [6.07, 6.45) is 3.45. The van der Waals surface area contributed by atoms with Gasteiger partial charge in [0.1, 0.15) is 12.4 Å². The predicted molar refractivity (Wildman–Crippen MR) is 134 cm³/mol. The van der Waals surface area contributed by atoms with Gasteiger partial charge in [-0.3, -0.25) is 9.29 Å². The number of hydrogen-bond acceptors (Lipinski definition) is 4.